The van der Waals surface area contributed by atoms with E-state index < -0.39 is 11.0 Å². The van der Waals surface area contributed by atoms with Gasteiger partial charge < -0.3 is 14.7 Å². The van der Waals surface area contributed by atoms with Gasteiger partial charge >= 0.3 is 11.8 Å². The molecule has 1 heterocycles. The van der Waals surface area contributed by atoms with Gasteiger partial charge in [-0.15, -0.1) is 0 Å². The van der Waals surface area contributed by atoms with Crippen molar-refractivity contribution in [2.24, 2.45) is 0 Å². The Morgan fingerprint density at radius 2 is 2.10 bits per heavy atom. The van der Waals surface area contributed by atoms with E-state index in [0.717, 1.165) is 0 Å². The van der Waals surface area contributed by atoms with Gasteiger partial charge in [-0.25, -0.2) is 4.79 Å². The second-order valence-electron chi connectivity index (χ2n) is 4.43. The fraction of sp³-hybridized carbons (Fsp3) is 0.417. The van der Waals surface area contributed by atoms with Crippen LogP contribution in [0.4, 0.5) is 10.5 Å². The van der Waals surface area contributed by atoms with Crippen LogP contribution in [0, 0.1) is 10.1 Å². The molecule has 0 atom stereocenters. The van der Waals surface area contributed by atoms with E-state index in [1.807, 2.05) is 0 Å². The average Bonchev–Trinajstić information content (AvgIpc) is 2.39. The van der Waals surface area contributed by atoms with E-state index in [-0.39, 0.29) is 22.6 Å². The zero-order valence-corrected chi connectivity index (χ0v) is 11.2. The van der Waals surface area contributed by atoms with Gasteiger partial charge in [-0.3, -0.25) is 10.1 Å². The largest absolute Gasteiger partial charge is 0.483 e. The Bertz CT molecular complexity index is 529. The third-order valence-corrected chi connectivity index (χ3v) is 3.44. The summed E-state index contributed by atoms with van der Waals surface area (Å²) in [4.78, 5) is 22.5. The molecule has 1 amide bonds. The first-order valence-electron chi connectivity index (χ1n) is 6.06. The van der Waals surface area contributed by atoms with Gasteiger partial charge in [-0.05, 0) is 12.1 Å². The molecule has 0 saturated carbocycles. The molecule has 20 heavy (non-hydrogen) atoms. The van der Waals surface area contributed by atoms with Crippen LogP contribution in [-0.2, 0) is 0 Å². The molecular formula is C12H13ClN2O5. The number of benzene rings is 1. The minimum absolute atomic E-state index is 0.0236. The molecule has 0 spiro atoms. The van der Waals surface area contributed by atoms with E-state index in [9.17, 15) is 14.9 Å². The molecule has 1 aromatic rings. The number of piperidine rings is 1. The summed E-state index contributed by atoms with van der Waals surface area (Å²) in [6, 6.07) is 4.50. The summed E-state index contributed by atoms with van der Waals surface area (Å²) in [5, 5.41) is 19.9. The van der Waals surface area contributed by atoms with E-state index in [4.69, 9.17) is 21.4 Å². The van der Waals surface area contributed by atoms with Gasteiger partial charge in [0, 0.05) is 25.9 Å². The number of hydrogen-bond acceptors (Lipinski definition) is 4. The SMILES string of the molecule is O=C(O)N1CCC(Oc2cccc(Cl)c2[N+](=O)[O-])CC1. The molecule has 0 aromatic heterocycles. The van der Waals surface area contributed by atoms with Crippen LogP contribution < -0.4 is 4.74 Å². The van der Waals surface area contributed by atoms with Gasteiger partial charge in [0.1, 0.15) is 11.1 Å². The minimum atomic E-state index is -0.961. The number of carboxylic acid groups (broad SMARTS) is 1. The Labute approximate surface area is 119 Å². The highest BCUT2D eigenvalue weighted by Gasteiger charge is 2.27. The summed E-state index contributed by atoms with van der Waals surface area (Å²) in [7, 11) is 0. The number of rotatable bonds is 3. The van der Waals surface area contributed by atoms with Gasteiger partial charge in [0.2, 0.25) is 0 Å². The van der Waals surface area contributed by atoms with E-state index in [0.29, 0.717) is 25.9 Å². The van der Waals surface area contributed by atoms with Crippen LogP contribution in [0.2, 0.25) is 5.02 Å². The Kier molecular flexibility index (Phi) is 4.29. The van der Waals surface area contributed by atoms with Crippen molar-refractivity contribution in [1.29, 1.82) is 0 Å². The Hall–Kier alpha value is -2.02. The maximum atomic E-state index is 11.0. The third kappa shape index (κ3) is 3.11. The molecule has 0 bridgehead atoms. The third-order valence-electron chi connectivity index (χ3n) is 3.14. The van der Waals surface area contributed by atoms with Crippen LogP contribution in [0.15, 0.2) is 18.2 Å². The quantitative estimate of drug-likeness (QED) is 0.684. The molecule has 1 N–H and O–H groups in total. The molecule has 7 nitrogen and oxygen atoms in total. The van der Waals surface area contributed by atoms with Crippen LogP contribution >= 0.6 is 11.6 Å². The number of carbonyl (C=O) groups is 1. The number of halogens is 1. The van der Waals surface area contributed by atoms with Crippen molar-refractivity contribution in [3.63, 3.8) is 0 Å². The molecule has 1 aliphatic rings. The van der Waals surface area contributed by atoms with Crippen LogP contribution in [0.5, 0.6) is 5.75 Å². The number of hydrogen-bond donors (Lipinski definition) is 1. The predicted octanol–water partition coefficient (Wildman–Crippen LogP) is 2.77. The van der Waals surface area contributed by atoms with E-state index in [2.05, 4.69) is 0 Å². The van der Waals surface area contributed by atoms with E-state index in [1.165, 1.54) is 17.0 Å². The molecule has 108 valence electrons. The number of nitro benzene ring substituents is 1. The van der Waals surface area contributed by atoms with Gasteiger partial charge in [-0.1, -0.05) is 17.7 Å². The topological polar surface area (TPSA) is 92.9 Å². The second kappa shape index (κ2) is 5.96. The first-order chi connectivity index (χ1) is 9.49. The Morgan fingerprint density at radius 1 is 1.45 bits per heavy atom. The van der Waals surface area contributed by atoms with Crippen molar-refractivity contribution in [3.8, 4) is 5.75 Å². The maximum Gasteiger partial charge on any atom is 0.407 e. The smallest absolute Gasteiger partial charge is 0.407 e. The number of ether oxygens (including phenoxy) is 1. The summed E-state index contributed by atoms with van der Waals surface area (Å²) in [6.45, 7) is 0.711. The van der Waals surface area contributed by atoms with Crippen LogP contribution in [0.3, 0.4) is 0 Å². The standard InChI is InChI=1S/C12H13ClN2O5/c13-9-2-1-3-10(11(9)15(18)19)20-8-4-6-14(7-5-8)12(16)17/h1-3,8H,4-7H2,(H,16,17). The Morgan fingerprint density at radius 3 is 2.65 bits per heavy atom. The van der Waals surface area contributed by atoms with Gasteiger partial charge in [0.15, 0.2) is 5.75 Å². The first kappa shape index (κ1) is 14.4. The van der Waals surface area contributed by atoms with Crippen LogP contribution in [0.1, 0.15) is 12.8 Å². The maximum absolute atomic E-state index is 11.0. The number of amides is 1. The fourth-order valence-corrected chi connectivity index (χ4v) is 2.35. The summed E-state index contributed by atoms with van der Waals surface area (Å²) < 4.78 is 5.61. The molecule has 8 heteroatoms. The number of likely N-dealkylation sites (tertiary alicyclic amines) is 1. The van der Waals surface area contributed by atoms with Crippen molar-refractivity contribution in [3.05, 3.63) is 33.3 Å². The highest BCUT2D eigenvalue weighted by Crippen LogP contribution is 2.35. The molecular weight excluding hydrogens is 288 g/mol. The number of nitrogens with zero attached hydrogens (tertiary/aromatic N) is 2. The molecule has 2 rings (SSSR count). The van der Waals surface area contributed by atoms with Gasteiger partial charge in [-0.2, -0.15) is 0 Å². The molecule has 1 saturated heterocycles. The molecule has 1 fully saturated rings. The van der Waals surface area contributed by atoms with Crippen molar-refractivity contribution in [1.82, 2.24) is 4.90 Å². The second-order valence-corrected chi connectivity index (χ2v) is 4.84. The van der Waals surface area contributed by atoms with Crippen molar-refractivity contribution in [2.45, 2.75) is 18.9 Å². The number of nitro groups is 1. The first-order valence-corrected chi connectivity index (χ1v) is 6.44. The monoisotopic (exact) mass is 300 g/mol. The summed E-state index contributed by atoms with van der Waals surface area (Å²) in [6.07, 6.45) is -0.216. The van der Waals surface area contributed by atoms with Crippen LogP contribution in [-0.4, -0.2) is 40.2 Å². The van der Waals surface area contributed by atoms with Crippen molar-refractivity contribution >= 4 is 23.4 Å². The number of para-hydroxylation sites is 1. The molecule has 0 unspecified atom stereocenters. The normalized spacial score (nSPS) is 15.9. The lowest BCUT2D eigenvalue weighted by molar-refractivity contribution is -0.385. The van der Waals surface area contributed by atoms with E-state index in [1.54, 1.807) is 6.07 Å². The summed E-state index contributed by atoms with van der Waals surface area (Å²) in [5.41, 5.74) is -0.255. The predicted molar refractivity (Wildman–Crippen MR) is 71.4 cm³/mol. The lowest BCUT2D eigenvalue weighted by Crippen LogP contribution is -2.41. The fourth-order valence-electron chi connectivity index (χ4n) is 2.11. The molecule has 1 aliphatic heterocycles. The Balaban J connectivity index is 2.07. The van der Waals surface area contributed by atoms with E-state index >= 15 is 0 Å². The zero-order valence-electron chi connectivity index (χ0n) is 10.5. The zero-order chi connectivity index (χ0) is 14.7. The van der Waals surface area contributed by atoms with Crippen molar-refractivity contribution < 1.29 is 19.6 Å². The summed E-state index contributed by atoms with van der Waals surface area (Å²) >= 11 is 5.80. The lowest BCUT2D eigenvalue weighted by Gasteiger charge is -2.30. The highest BCUT2D eigenvalue weighted by atomic mass is 35.5. The molecule has 1 aromatic carbocycles. The van der Waals surface area contributed by atoms with Gasteiger partial charge in [0.05, 0.1) is 4.92 Å². The van der Waals surface area contributed by atoms with Crippen molar-refractivity contribution in [2.75, 3.05) is 13.1 Å². The van der Waals surface area contributed by atoms with Crippen LogP contribution in [0.25, 0.3) is 0 Å². The average molecular weight is 301 g/mol. The molecule has 0 aliphatic carbocycles. The minimum Gasteiger partial charge on any atom is -0.483 e. The lowest BCUT2D eigenvalue weighted by atomic mass is 10.1. The van der Waals surface area contributed by atoms with Gasteiger partial charge in [0.25, 0.3) is 0 Å². The molecule has 0 radical (unpaired) electrons. The highest BCUT2D eigenvalue weighted by molar-refractivity contribution is 6.32. The summed E-state index contributed by atoms with van der Waals surface area (Å²) in [5.74, 6) is 0.122.